The molecule has 0 unspecified atom stereocenters. The molecule has 1 N–H and O–H groups in total. The molecule has 0 saturated carbocycles. The van der Waals surface area contributed by atoms with Gasteiger partial charge in [0.1, 0.15) is 18.0 Å². The Bertz CT molecular complexity index is 334. The number of aromatic nitrogens is 2. The number of nitrogens with one attached hydrogen (secondary N) is 1. The van der Waals surface area contributed by atoms with Crippen LogP contribution < -0.4 is 10.2 Å². The third-order valence-corrected chi connectivity index (χ3v) is 3.17. The van der Waals surface area contributed by atoms with Crippen molar-refractivity contribution < 1.29 is 0 Å². The van der Waals surface area contributed by atoms with Crippen molar-refractivity contribution in [2.45, 2.75) is 39.0 Å². The van der Waals surface area contributed by atoms with Gasteiger partial charge in [-0.25, -0.2) is 9.97 Å². The summed E-state index contributed by atoms with van der Waals surface area (Å²) in [6.07, 6.45) is 7.96. The number of unbranched alkanes of at least 4 members (excludes halogenated alkanes) is 2. The minimum absolute atomic E-state index is 0.956. The summed E-state index contributed by atoms with van der Waals surface area (Å²) in [5.74, 6) is 2.02. The summed E-state index contributed by atoms with van der Waals surface area (Å²) in [6.45, 7) is 5.49. The first-order valence-corrected chi connectivity index (χ1v) is 6.71. The Balaban J connectivity index is 1.87. The van der Waals surface area contributed by atoms with E-state index < -0.39 is 0 Å². The van der Waals surface area contributed by atoms with E-state index in [2.05, 4.69) is 33.2 Å². The van der Waals surface area contributed by atoms with Crippen LogP contribution in [0.4, 0.5) is 11.6 Å². The van der Waals surface area contributed by atoms with Crippen LogP contribution in [-0.2, 0) is 0 Å². The van der Waals surface area contributed by atoms with Crippen LogP contribution >= 0.6 is 0 Å². The zero-order chi connectivity index (χ0) is 11.9. The van der Waals surface area contributed by atoms with E-state index in [0.29, 0.717) is 0 Å². The fraction of sp³-hybridized carbons (Fsp3) is 0.692. The maximum atomic E-state index is 4.34. The van der Waals surface area contributed by atoms with E-state index >= 15 is 0 Å². The van der Waals surface area contributed by atoms with Crippen molar-refractivity contribution in [2.24, 2.45) is 0 Å². The Morgan fingerprint density at radius 1 is 1.24 bits per heavy atom. The third kappa shape index (κ3) is 3.58. The predicted octanol–water partition coefficient (Wildman–Crippen LogP) is 2.68. The maximum Gasteiger partial charge on any atom is 0.134 e. The van der Waals surface area contributed by atoms with Gasteiger partial charge in [0.05, 0.1) is 0 Å². The highest BCUT2D eigenvalue weighted by molar-refractivity contribution is 5.48. The molecule has 0 aromatic carbocycles. The summed E-state index contributed by atoms with van der Waals surface area (Å²) in [5, 5.41) is 3.37. The summed E-state index contributed by atoms with van der Waals surface area (Å²) < 4.78 is 0. The topological polar surface area (TPSA) is 41.0 Å². The minimum Gasteiger partial charge on any atom is -0.370 e. The standard InChI is InChI=1S/C13H22N4/c1-2-3-4-7-14-12-10-13(16-11-15-12)17-8-5-6-9-17/h10-11H,2-9H2,1H3,(H,14,15,16). The molecule has 1 aromatic rings. The van der Waals surface area contributed by atoms with Gasteiger partial charge in [0.25, 0.3) is 0 Å². The van der Waals surface area contributed by atoms with Crippen LogP contribution in [-0.4, -0.2) is 29.6 Å². The molecule has 0 bridgehead atoms. The number of hydrogen-bond acceptors (Lipinski definition) is 4. The number of hydrogen-bond donors (Lipinski definition) is 1. The van der Waals surface area contributed by atoms with E-state index in [4.69, 9.17) is 0 Å². The van der Waals surface area contributed by atoms with Crippen molar-refractivity contribution in [3.05, 3.63) is 12.4 Å². The van der Waals surface area contributed by atoms with E-state index in [0.717, 1.165) is 31.3 Å². The van der Waals surface area contributed by atoms with Crippen molar-refractivity contribution in [1.82, 2.24) is 9.97 Å². The monoisotopic (exact) mass is 234 g/mol. The van der Waals surface area contributed by atoms with E-state index in [1.165, 1.54) is 32.1 Å². The first-order valence-electron chi connectivity index (χ1n) is 6.71. The van der Waals surface area contributed by atoms with E-state index in [1.54, 1.807) is 6.33 Å². The number of rotatable bonds is 6. The van der Waals surface area contributed by atoms with Crippen LogP contribution in [0.3, 0.4) is 0 Å². The van der Waals surface area contributed by atoms with E-state index in [-0.39, 0.29) is 0 Å². The fourth-order valence-corrected chi connectivity index (χ4v) is 2.15. The Labute approximate surface area is 103 Å². The van der Waals surface area contributed by atoms with Gasteiger partial charge in [-0.3, -0.25) is 0 Å². The lowest BCUT2D eigenvalue weighted by Gasteiger charge is -2.16. The maximum absolute atomic E-state index is 4.34. The lowest BCUT2D eigenvalue weighted by atomic mass is 10.2. The van der Waals surface area contributed by atoms with Crippen molar-refractivity contribution >= 4 is 11.6 Å². The largest absolute Gasteiger partial charge is 0.370 e. The molecule has 0 aliphatic carbocycles. The molecule has 1 aromatic heterocycles. The van der Waals surface area contributed by atoms with Crippen LogP contribution in [0.2, 0.25) is 0 Å². The third-order valence-electron chi connectivity index (χ3n) is 3.17. The Morgan fingerprint density at radius 2 is 2.06 bits per heavy atom. The van der Waals surface area contributed by atoms with Gasteiger partial charge < -0.3 is 10.2 Å². The number of nitrogens with zero attached hydrogens (tertiary/aromatic N) is 3. The van der Waals surface area contributed by atoms with Crippen LogP contribution in [0.5, 0.6) is 0 Å². The van der Waals surface area contributed by atoms with E-state index in [1.807, 2.05) is 0 Å². The summed E-state index contributed by atoms with van der Waals surface area (Å²) >= 11 is 0. The molecule has 0 spiro atoms. The zero-order valence-electron chi connectivity index (χ0n) is 10.7. The average Bonchev–Trinajstić information content (AvgIpc) is 2.89. The van der Waals surface area contributed by atoms with Crippen molar-refractivity contribution in [3.63, 3.8) is 0 Å². The molecule has 0 radical (unpaired) electrons. The molecular weight excluding hydrogens is 212 g/mol. The summed E-state index contributed by atoms with van der Waals surface area (Å²) in [7, 11) is 0. The molecule has 2 rings (SSSR count). The smallest absolute Gasteiger partial charge is 0.134 e. The molecule has 4 nitrogen and oxygen atoms in total. The summed E-state index contributed by atoms with van der Waals surface area (Å²) in [4.78, 5) is 10.9. The molecule has 1 fully saturated rings. The van der Waals surface area contributed by atoms with Crippen LogP contribution in [0.25, 0.3) is 0 Å². The highest BCUT2D eigenvalue weighted by Gasteiger charge is 2.13. The Morgan fingerprint density at radius 3 is 2.82 bits per heavy atom. The molecule has 17 heavy (non-hydrogen) atoms. The first-order chi connectivity index (χ1) is 8.40. The van der Waals surface area contributed by atoms with E-state index in [9.17, 15) is 0 Å². The molecule has 94 valence electrons. The quantitative estimate of drug-likeness (QED) is 0.768. The lowest BCUT2D eigenvalue weighted by Crippen LogP contribution is -2.19. The molecule has 2 heterocycles. The average molecular weight is 234 g/mol. The minimum atomic E-state index is 0.956. The van der Waals surface area contributed by atoms with Crippen LogP contribution in [0, 0.1) is 0 Å². The van der Waals surface area contributed by atoms with Crippen molar-refractivity contribution in [1.29, 1.82) is 0 Å². The lowest BCUT2D eigenvalue weighted by molar-refractivity contribution is 0.742. The van der Waals surface area contributed by atoms with Crippen LogP contribution in [0.1, 0.15) is 39.0 Å². The second-order valence-electron chi connectivity index (χ2n) is 4.59. The second-order valence-corrected chi connectivity index (χ2v) is 4.59. The van der Waals surface area contributed by atoms with Gasteiger partial charge in [0.15, 0.2) is 0 Å². The SMILES string of the molecule is CCCCCNc1cc(N2CCCC2)ncn1. The Hall–Kier alpha value is -1.32. The predicted molar refractivity (Wildman–Crippen MR) is 71.5 cm³/mol. The first kappa shape index (κ1) is 12.1. The van der Waals surface area contributed by atoms with Crippen LogP contribution in [0.15, 0.2) is 12.4 Å². The van der Waals surface area contributed by atoms with Gasteiger partial charge in [-0.15, -0.1) is 0 Å². The number of anilines is 2. The highest BCUT2D eigenvalue weighted by atomic mass is 15.2. The molecular formula is C13H22N4. The zero-order valence-corrected chi connectivity index (χ0v) is 10.7. The van der Waals surface area contributed by atoms with Gasteiger partial charge in [0, 0.05) is 25.7 Å². The molecule has 0 amide bonds. The van der Waals surface area contributed by atoms with Crippen molar-refractivity contribution in [2.75, 3.05) is 29.9 Å². The fourth-order valence-electron chi connectivity index (χ4n) is 2.15. The molecule has 0 atom stereocenters. The molecule has 4 heteroatoms. The normalized spacial score (nSPS) is 15.2. The highest BCUT2D eigenvalue weighted by Crippen LogP contribution is 2.19. The second kappa shape index (κ2) is 6.42. The van der Waals surface area contributed by atoms with Gasteiger partial charge >= 0.3 is 0 Å². The summed E-state index contributed by atoms with van der Waals surface area (Å²) in [5.41, 5.74) is 0. The summed E-state index contributed by atoms with van der Waals surface area (Å²) in [6, 6.07) is 2.07. The van der Waals surface area contributed by atoms with Gasteiger partial charge in [-0.1, -0.05) is 19.8 Å². The molecule has 1 aliphatic rings. The van der Waals surface area contributed by atoms with Gasteiger partial charge in [-0.05, 0) is 19.3 Å². The molecule has 1 saturated heterocycles. The Kier molecular flexibility index (Phi) is 4.59. The van der Waals surface area contributed by atoms with Gasteiger partial charge in [-0.2, -0.15) is 0 Å². The van der Waals surface area contributed by atoms with Crippen molar-refractivity contribution in [3.8, 4) is 0 Å². The van der Waals surface area contributed by atoms with Gasteiger partial charge in [0.2, 0.25) is 0 Å². The molecule has 1 aliphatic heterocycles.